The van der Waals surface area contributed by atoms with Gasteiger partial charge in [-0.05, 0) is 31.4 Å². The molecule has 0 unspecified atom stereocenters. The number of nitrogens with zero attached hydrogens (tertiary/aromatic N) is 1. The largest absolute Gasteiger partial charge is 0.314 e. The molecule has 1 aromatic rings. The van der Waals surface area contributed by atoms with E-state index in [2.05, 4.69) is 5.32 Å². The second kappa shape index (κ2) is 6.36. The van der Waals surface area contributed by atoms with E-state index in [1.807, 2.05) is 17.8 Å². The van der Waals surface area contributed by atoms with E-state index in [1.54, 1.807) is 10.4 Å². The molecule has 7 heteroatoms. The first-order chi connectivity index (χ1) is 9.66. The van der Waals surface area contributed by atoms with Gasteiger partial charge in [-0.1, -0.05) is 0 Å². The van der Waals surface area contributed by atoms with Gasteiger partial charge in [-0.15, -0.1) is 11.3 Å². The van der Waals surface area contributed by atoms with Crippen LogP contribution in [0, 0.1) is 0 Å². The number of nitrogens with one attached hydrogen (secondary N) is 1. The third-order valence-electron chi connectivity index (χ3n) is 3.58. The first-order valence-corrected chi connectivity index (χ1v) is 10.5. The van der Waals surface area contributed by atoms with Crippen LogP contribution in [0.15, 0.2) is 16.3 Å². The molecule has 1 N–H and O–H groups in total. The van der Waals surface area contributed by atoms with Crippen LogP contribution in [0.1, 0.15) is 17.7 Å². The summed E-state index contributed by atoms with van der Waals surface area (Å²) in [5.74, 6) is 1.81. The van der Waals surface area contributed by atoms with Crippen molar-refractivity contribution in [2.75, 3.05) is 31.1 Å². The number of sulfonamides is 1. The molecule has 2 fully saturated rings. The second-order valence-corrected chi connectivity index (χ2v) is 9.77. The summed E-state index contributed by atoms with van der Waals surface area (Å²) in [6, 6.07) is 4.45. The maximum atomic E-state index is 12.5. The summed E-state index contributed by atoms with van der Waals surface area (Å²) in [6.45, 7) is 2.23. The molecule has 0 bridgehead atoms. The second-order valence-electron chi connectivity index (χ2n) is 5.22. The lowest BCUT2D eigenvalue weighted by molar-refractivity contribution is 0.445. The van der Waals surface area contributed by atoms with Crippen LogP contribution in [0.3, 0.4) is 0 Å². The van der Waals surface area contributed by atoms with Crippen molar-refractivity contribution in [3.8, 4) is 0 Å². The minimum atomic E-state index is -3.25. The van der Waals surface area contributed by atoms with Gasteiger partial charge in [-0.2, -0.15) is 16.1 Å². The monoisotopic (exact) mass is 332 g/mol. The van der Waals surface area contributed by atoms with E-state index in [0.717, 1.165) is 29.3 Å². The summed E-state index contributed by atoms with van der Waals surface area (Å²) in [6.07, 6.45) is 3.50. The highest BCUT2D eigenvalue weighted by molar-refractivity contribution is 7.99. The van der Waals surface area contributed by atoms with Crippen LogP contribution in [0.4, 0.5) is 0 Å². The van der Waals surface area contributed by atoms with Crippen molar-refractivity contribution in [2.24, 2.45) is 0 Å². The summed E-state index contributed by atoms with van der Waals surface area (Å²) in [5.41, 5.74) is 0. The molecule has 1 saturated carbocycles. The molecule has 4 nitrogen and oxygen atoms in total. The van der Waals surface area contributed by atoms with Gasteiger partial charge in [0.15, 0.2) is 0 Å². The van der Waals surface area contributed by atoms with Gasteiger partial charge in [-0.25, -0.2) is 8.42 Å². The maximum absolute atomic E-state index is 12.5. The molecule has 1 aliphatic heterocycles. The highest BCUT2D eigenvalue weighted by atomic mass is 32.2. The maximum Gasteiger partial charge on any atom is 0.252 e. The summed E-state index contributed by atoms with van der Waals surface area (Å²) < 4.78 is 27.1. The summed E-state index contributed by atoms with van der Waals surface area (Å²) >= 11 is 3.25. The third-order valence-corrected chi connectivity index (χ3v) is 8.04. The third kappa shape index (κ3) is 3.57. The highest BCUT2D eigenvalue weighted by Crippen LogP contribution is 2.27. The number of hydrogen-bond acceptors (Lipinski definition) is 5. The average molecular weight is 333 g/mol. The predicted octanol–water partition coefficient (Wildman–Crippen LogP) is 1.78. The minimum Gasteiger partial charge on any atom is -0.314 e. The first kappa shape index (κ1) is 14.8. The Morgan fingerprint density at radius 2 is 2.00 bits per heavy atom. The lowest BCUT2D eigenvalue weighted by atomic mass is 10.3. The smallest absolute Gasteiger partial charge is 0.252 e. The quantitative estimate of drug-likeness (QED) is 0.863. The van der Waals surface area contributed by atoms with E-state index in [-0.39, 0.29) is 0 Å². The number of rotatable bonds is 6. The summed E-state index contributed by atoms with van der Waals surface area (Å²) in [4.78, 5) is 1.16. The van der Waals surface area contributed by atoms with Crippen LogP contribution >= 0.6 is 23.1 Å². The molecule has 2 heterocycles. The Labute approximate surface area is 129 Å². The Morgan fingerprint density at radius 3 is 2.70 bits per heavy atom. The van der Waals surface area contributed by atoms with Gasteiger partial charge in [0.05, 0.1) is 0 Å². The van der Waals surface area contributed by atoms with Gasteiger partial charge in [0.2, 0.25) is 0 Å². The number of thiophene rings is 1. The Kier molecular flexibility index (Phi) is 4.72. The van der Waals surface area contributed by atoms with Gasteiger partial charge in [0.25, 0.3) is 10.0 Å². The topological polar surface area (TPSA) is 49.4 Å². The van der Waals surface area contributed by atoms with Crippen molar-refractivity contribution in [3.05, 3.63) is 17.0 Å². The zero-order chi connectivity index (χ0) is 14.0. The SMILES string of the molecule is O=S(=O)(c1ccc(CCNC2CC2)s1)N1CCSCC1. The van der Waals surface area contributed by atoms with Gasteiger partial charge >= 0.3 is 0 Å². The van der Waals surface area contributed by atoms with Crippen LogP contribution in [0.5, 0.6) is 0 Å². The van der Waals surface area contributed by atoms with Crippen LogP contribution in [-0.2, 0) is 16.4 Å². The fourth-order valence-electron chi connectivity index (χ4n) is 2.23. The van der Waals surface area contributed by atoms with Gasteiger partial charge in [0, 0.05) is 42.1 Å². The van der Waals surface area contributed by atoms with Crippen LogP contribution in [0.2, 0.25) is 0 Å². The molecule has 3 rings (SSSR count). The molecule has 0 amide bonds. The predicted molar refractivity (Wildman–Crippen MR) is 85.1 cm³/mol. The number of hydrogen-bond donors (Lipinski definition) is 1. The van der Waals surface area contributed by atoms with E-state index >= 15 is 0 Å². The minimum absolute atomic E-state index is 0.505. The van der Waals surface area contributed by atoms with Crippen molar-refractivity contribution >= 4 is 33.1 Å². The van der Waals surface area contributed by atoms with Gasteiger partial charge in [-0.3, -0.25) is 0 Å². The van der Waals surface area contributed by atoms with E-state index in [1.165, 1.54) is 24.2 Å². The lowest BCUT2D eigenvalue weighted by Crippen LogP contribution is -2.37. The summed E-state index contributed by atoms with van der Waals surface area (Å²) in [7, 11) is -3.25. The van der Waals surface area contributed by atoms with Crippen LogP contribution < -0.4 is 5.32 Å². The normalized spacial score (nSPS) is 21.2. The Balaban J connectivity index is 1.61. The van der Waals surface area contributed by atoms with E-state index in [0.29, 0.717) is 23.3 Å². The molecule has 0 spiro atoms. The average Bonchev–Trinajstić information content (AvgIpc) is 3.15. The molecule has 112 valence electrons. The zero-order valence-electron chi connectivity index (χ0n) is 11.4. The fraction of sp³-hybridized carbons (Fsp3) is 0.692. The van der Waals surface area contributed by atoms with E-state index < -0.39 is 10.0 Å². The van der Waals surface area contributed by atoms with Gasteiger partial charge in [0.1, 0.15) is 4.21 Å². The Bertz CT molecular complexity index is 546. The van der Waals surface area contributed by atoms with Crippen molar-refractivity contribution in [3.63, 3.8) is 0 Å². The molecular formula is C13H20N2O2S3. The molecule has 0 radical (unpaired) electrons. The molecule has 0 atom stereocenters. The zero-order valence-corrected chi connectivity index (χ0v) is 13.8. The molecule has 20 heavy (non-hydrogen) atoms. The van der Waals surface area contributed by atoms with Gasteiger partial charge < -0.3 is 5.32 Å². The summed E-state index contributed by atoms with van der Waals surface area (Å²) in [5, 5.41) is 3.46. The van der Waals surface area contributed by atoms with Crippen molar-refractivity contribution in [1.82, 2.24) is 9.62 Å². The van der Waals surface area contributed by atoms with E-state index in [4.69, 9.17) is 0 Å². The molecule has 0 aromatic carbocycles. The van der Waals surface area contributed by atoms with Crippen molar-refractivity contribution in [1.29, 1.82) is 0 Å². The molecule has 1 aromatic heterocycles. The molecule has 1 saturated heterocycles. The fourth-order valence-corrected chi connectivity index (χ4v) is 6.32. The van der Waals surface area contributed by atoms with Crippen LogP contribution in [-0.4, -0.2) is 49.9 Å². The standard InChI is InChI=1S/C13H20N2O2S3/c16-20(17,15-7-9-18-10-8-15)13-4-3-12(19-13)5-6-14-11-1-2-11/h3-4,11,14H,1-2,5-10H2. The van der Waals surface area contributed by atoms with Crippen molar-refractivity contribution < 1.29 is 8.42 Å². The number of thioether (sulfide) groups is 1. The Morgan fingerprint density at radius 1 is 1.25 bits per heavy atom. The Hall–Kier alpha value is -0.0800. The lowest BCUT2D eigenvalue weighted by Gasteiger charge is -2.24. The molecular weight excluding hydrogens is 312 g/mol. The van der Waals surface area contributed by atoms with Crippen molar-refractivity contribution in [2.45, 2.75) is 29.5 Å². The first-order valence-electron chi connectivity index (χ1n) is 7.06. The van der Waals surface area contributed by atoms with Crippen LogP contribution in [0.25, 0.3) is 0 Å². The highest BCUT2D eigenvalue weighted by Gasteiger charge is 2.27. The molecule has 2 aliphatic rings. The van der Waals surface area contributed by atoms with E-state index in [9.17, 15) is 8.42 Å². The molecule has 1 aliphatic carbocycles.